The third kappa shape index (κ3) is 5.41. The van der Waals surface area contributed by atoms with E-state index in [-0.39, 0.29) is 11.2 Å². The molecule has 0 bridgehead atoms. The Bertz CT molecular complexity index is 1090. The van der Waals surface area contributed by atoms with Crippen LogP contribution in [-0.4, -0.2) is 47.0 Å². The van der Waals surface area contributed by atoms with Crippen molar-refractivity contribution in [1.29, 1.82) is 0 Å². The van der Waals surface area contributed by atoms with Crippen LogP contribution in [0, 0.1) is 0 Å². The molecule has 3 aromatic rings. The molecule has 166 valence electrons. The maximum atomic E-state index is 11.6. The highest BCUT2D eigenvalue weighted by Crippen LogP contribution is 2.34. The first-order valence-electron chi connectivity index (χ1n) is 10.3. The standard InChI is InChI=1S/C23H23Cl2N5O2/c1-16(31)29-9-11-30(12-10-29)18-7-8-20(27-22-19(24)14-26-23(25)28-22)21(13-18)32-15-17-5-3-2-4-6-17/h2-8,13-14H,9-12,15H2,1H3,(H,26,27,28). The predicted octanol–water partition coefficient (Wildman–Crippen LogP) is 4.77. The van der Waals surface area contributed by atoms with Crippen molar-refractivity contribution < 1.29 is 9.53 Å². The molecule has 4 rings (SSSR count). The Morgan fingerprint density at radius 3 is 2.56 bits per heavy atom. The summed E-state index contributed by atoms with van der Waals surface area (Å²) in [6.07, 6.45) is 1.45. The van der Waals surface area contributed by atoms with Crippen LogP contribution < -0.4 is 15.0 Å². The summed E-state index contributed by atoms with van der Waals surface area (Å²) < 4.78 is 6.18. The fraction of sp³-hybridized carbons (Fsp3) is 0.261. The predicted molar refractivity (Wildman–Crippen MR) is 127 cm³/mol. The van der Waals surface area contributed by atoms with Crippen LogP contribution in [0.25, 0.3) is 0 Å². The Balaban J connectivity index is 1.58. The van der Waals surface area contributed by atoms with E-state index < -0.39 is 0 Å². The topological polar surface area (TPSA) is 70.6 Å². The van der Waals surface area contributed by atoms with Gasteiger partial charge in [0.25, 0.3) is 0 Å². The minimum atomic E-state index is 0.101. The van der Waals surface area contributed by atoms with Crippen molar-refractivity contribution in [1.82, 2.24) is 14.9 Å². The highest BCUT2D eigenvalue weighted by molar-refractivity contribution is 6.33. The van der Waals surface area contributed by atoms with Crippen molar-refractivity contribution in [3.05, 3.63) is 70.6 Å². The molecule has 0 spiro atoms. The number of hydrogen-bond acceptors (Lipinski definition) is 6. The van der Waals surface area contributed by atoms with Gasteiger partial charge in [-0.2, -0.15) is 4.98 Å². The number of nitrogens with zero attached hydrogens (tertiary/aromatic N) is 4. The summed E-state index contributed by atoms with van der Waals surface area (Å²) in [4.78, 5) is 23.8. The fourth-order valence-electron chi connectivity index (χ4n) is 3.51. The first-order chi connectivity index (χ1) is 15.5. The number of halogens is 2. The molecule has 1 aliphatic rings. The van der Waals surface area contributed by atoms with E-state index >= 15 is 0 Å². The molecule has 0 atom stereocenters. The first kappa shape index (κ1) is 22.2. The van der Waals surface area contributed by atoms with Crippen LogP contribution >= 0.6 is 23.2 Å². The zero-order valence-electron chi connectivity index (χ0n) is 17.6. The van der Waals surface area contributed by atoms with Gasteiger partial charge in [0.1, 0.15) is 17.4 Å². The summed E-state index contributed by atoms with van der Waals surface area (Å²) in [5.74, 6) is 1.17. The second kappa shape index (κ2) is 10.1. The van der Waals surface area contributed by atoms with Crippen LogP contribution in [0.15, 0.2) is 54.7 Å². The van der Waals surface area contributed by atoms with Crippen molar-refractivity contribution in [3.8, 4) is 5.75 Å². The van der Waals surface area contributed by atoms with Crippen molar-refractivity contribution in [2.75, 3.05) is 36.4 Å². The van der Waals surface area contributed by atoms with Crippen molar-refractivity contribution in [2.45, 2.75) is 13.5 Å². The largest absolute Gasteiger partial charge is 0.487 e. The highest BCUT2D eigenvalue weighted by Gasteiger charge is 2.20. The maximum Gasteiger partial charge on any atom is 0.224 e. The molecule has 2 heterocycles. The number of nitrogens with one attached hydrogen (secondary N) is 1. The van der Waals surface area contributed by atoms with Crippen LogP contribution in [0.5, 0.6) is 5.75 Å². The molecule has 1 saturated heterocycles. The van der Waals surface area contributed by atoms with E-state index in [4.69, 9.17) is 27.9 Å². The highest BCUT2D eigenvalue weighted by atomic mass is 35.5. The van der Waals surface area contributed by atoms with Gasteiger partial charge in [0.05, 0.1) is 11.9 Å². The number of amides is 1. The summed E-state index contributed by atoms with van der Waals surface area (Å²) >= 11 is 12.2. The molecule has 0 aliphatic carbocycles. The SMILES string of the molecule is CC(=O)N1CCN(c2ccc(Nc3nc(Cl)ncc3Cl)c(OCc3ccccc3)c2)CC1. The lowest BCUT2D eigenvalue weighted by Crippen LogP contribution is -2.48. The lowest BCUT2D eigenvalue weighted by atomic mass is 10.2. The number of piperazine rings is 1. The molecule has 1 aromatic heterocycles. The molecule has 32 heavy (non-hydrogen) atoms. The van der Waals surface area contributed by atoms with E-state index in [9.17, 15) is 4.79 Å². The number of ether oxygens (including phenoxy) is 1. The molecule has 0 unspecified atom stereocenters. The number of carbonyl (C=O) groups excluding carboxylic acids is 1. The second-order valence-corrected chi connectivity index (χ2v) is 8.15. The van der Waals surface area contributed by atoms with Crippen LogP contribution in [0.3, 0.4) is 0 Å². The number of hydrogen-bond donors (Lipinski definition) is 1. The van der Waals surface area contributed by atoms with Crippen molar-refractivity contribution in [3.63, 3.8) is 0 Å². The van der Waals surface area contributed by atoms with Gasteiger partial charge in [0.15, 0.2) is 5.82 Å². The van der Waals surface area contributed by atoms with Crippen molar-refractivity contribution in [2.24, 2.45) is 0 Å². The van der Waals surface area contributed by atoms with Gasteiger partial charge >= 0.3 is 0 Å². The Morgan fingerprint density at radius 2 is 1.84 bits per heavy atom. The molecule has 1 amide bonds. The summed E-state index contributed by atoms with van der Waals surface area (Å²) in [6, 6.07) is 15.9. The monoisotopic (exact) mass is 471 g/mol. The molecular weight excluding hydrogens is 449 g/mol. The van der Waals surface area contributed by atoms with E-state index in [1.54, 1.807) is 6.92 Å². The molecule has 7 nitrogen and oxygen atoms in total. The summed E-state index contributed by atoms with van der Waals surface area (Å²) in [5, 5.41) is 3.66. The zero-order valence-corrected chi connectivity index (χ0v) is 19.1. The van der Waals surface area contributed by atoms with E-state index in [0.717, 1.165) is 24.3 Å². The molecular formula is C23H23Cl2N5O2. The molecule has 1 N–H and O–H groups in total. The number of benzene rings is 2. The van der Waals surface area contributed by atoms with Gasteiger partial charge in [0, 0.05) is 44.9 Å². The van der Waals surface area contributed by atoms with E-state index in [0.29, 0.717) is 42.0 Å². The smallest absolute Gasteiger partial charge is 0.224 e. The van der Waals surface area contributed by atoms with Gasteiger partial charge in [-0.1, -0.05) is 41.9 Å². The second-order valence-electron chi connectivity index (χ2n) is 7.41. The van der Waals surface area contributed by atoms with Gasteiger partial charge in [0.2, 0.25) is 11.2 Å². The molecule has 2 aromatic carbocycles. The lowest BCUT2D eigenvalue weighted by Gasteiger charge is -2.35. The summed E-state index contributed by atoms with van der Waals surface area (Å²) in [6.45, 7) is 4.94. The van der Waals surface area contributed by atoms with Gasteiger partial charge < -0.3 is 19.9 Å². The minimum Gasteiger partial charge on any atom is -0.487 e. The molecule has 1 aliphatic heterocycles. The van der Waals surface area contributed by atoms with Crippen molar-refractivity contribution >= 4 is 46.3 Å². The number of rotatable bonds is 6. The first-order valence-corrected chi connectivity index (χ1v) is 11.0. The molecule has 0 saturated carbocycles. The normalized spacial score (nSPS) is 13.7. The molecule has 1 fully saturated rings. The van der Waals surface area contributed by atoms with Gasteiger partial charge in [-0.15, -0.1) is 0 Å². The summed E-state index contributed by atoms with van der Waals surface area (Å²) in [5.41, 5.74) is 2.79. The van der Waals surface area contributed by atoms with E-state index in [1.165, 1.54) is 6.20 Å². The molecule has 9 heteroatoms. The number of carbonyl (C=O) groups is 1. The Hall–Kier alpha value is -3.03. The fourth-order valence-corrected chi connectivity index (χ4v) is 3.78. The Labute approximate surface area is 196 Å². The van der Waals surface area contributed by atoms with Crippen LogP contribution in [0.4, 0.5) is 17.2 Å². The Morgan fingerprint density at radius 1 is 1.09 bits per heavy atom. The maximum absolute atomic E-state index is 11.6. The Kier molecular flexibility index (Phi) is 6.97. The molecule has 0 radical (unpaired) electrons. The van der Waals surface area contributed by atoms with Gasteiger partial charge in [-0.3, -0.25) is 4.79 Å². The van der Waals surface area contributed by atoms with Crippen LogP contribution in [0.2, 0.25) is 10.3 Å². The summed E-state index contributed by atoms with van der Waals surface area (Å²) in [7, 11) is 0. The average Bonchev–Trinajstić information content (AvgIpc) is 2.81. The lowest BCUT2D eigenvalue weighted by molar-refractivity contribution is -0.129. The minimum absolute atomic E-state index is 0.101. The zero-order chi connectivity index (χ0) is 22.5. The third-order valence-electron chi connectivity index (χ3n) is 5.26. The number of aromatic nitrogens is 2. The third-order valence-corrected chi connectivity index (χ3v) is 5.72. The van der Waals surface area contributed by atoms with Crippen LogP contribution in [-0.2, 0) is 11.4 Å². The van der Waals surface area contributed by atoms with E-state index in [2.05, 4.69) is 20.2 Å². The average molecular weight is 472 g/mol. The van der Waals surface area contributed by atoms with E-state index in [1.807, 2.05) is 53.4 Å². The number of anilines is 3. The quantitative estimate of drug-likeness (QED) is 0.521. The van der Waals surface area contributed by atoms with Crippen LogP contribution in [0.1, 0.15) is 12.5 Å². The van der Waals surface area contributed by atoms with Gasteiger partial charge in [-0.25, -0.2) is 4.98 Å². The van der Waals surface area contributed by atoms with Gasteiger partial charge in [-0.05, 0) is 29.3 Å².